The van der Waals surface area contributed by atoms with Gasteiger partial charge in [-0.05, 0) is 29.6 Å². The van der Waals surface area contributed by atoms with Crippen molar-refractivity contribution in [2.45, 2.75) is 6.10 Å². The topological polar surface area (TPSA) is 58.6 Å². The number of hydrogen-bond donors (Lipinski definition) is 2. The summed E-state index contributed by atoms with van der Waals surface area (Å²) in [6.07, 6.45) is -0.264. The molecule has 2 rings (SSSR count). The molecule has 0 spiro atoms. The second kappa shape index (κ2) is 8.14. The summed E-state index contributed by atoms with van der Waals surface area (Å²) in [7, 11) is 0. The summed E-state index contributed by atoms with van der Waals surface area (Å²) in [5, 5.41) is 14.2. The van der Waals surface area contributed by atoms with Gasteiger partial charge < -0.3 is 15.2 Å². The van der Waals surface area contributed by atoms with E-state index in [1.54, 1.807) is 35.6 Å². The average molecular weight is 326 g/mol. The zero-order valence-electron chi connectivity index (χ0n) is 11.3. The van der Waals surface area contributed by atoms with E-state index in [0.717, 1.165) is 4.88 Å². The quantitative estimate of drug-likeness (QED) is 0.823. The van der Waals surface area contributed by atoms with E-state index in [2.05, 4.69) is 5.32 Å². The van der Waals surface area contributed by atoms with Gasteiger partial charge in [-0.2, -0.15) is 0 Å². The Balaban J connectivity index is 1.96. The Kier molecular flexibility index (Phi) is 6.20. The molecule has 1 atom stereocenters. The third kappa shape index (κ3) is 4.82. The van der Waals surface area contributed by atoms with Crippen LogP contribution in [0.5, 0.6) is 0 Å². The predicted molar refractivity (Wildman–Crippen MR) is 83.9 cm³/mol. The van der Waals surface area contributed by atoms with Crippen molar-refractivity contribution in [2.75, 3.05) is 19.8 Å². The average Bonchev–Trinajstić information content (AvgIpc) is 3.01. The molecule has 0 aliphatic heterocycles. The van der Waals surface area contributed by atoms with E-state index in [1.807, 2.05) is 17.5 Å². The number of amides is 1. The number of benzene rings is 1. The van der Waals surface area contributed by atoms with Crippen LogP contribution in [0, 0.1) is 0 Å². The minimum absolute atomic E-state index is 0.0515. The molecule has 0 fully saturated rings. The second-order valence-corrected chi connectivity index (χ2v) is 5.73. The third-order valence-electron chi connectivity index (χ3n) is 2.81. The van der Waals surface area contributed by atoms with Gasteiger partial charge >= 0.3 is 0 Å². The summed E-state index contributed by atoms with van der Waals surface area (Å²) in [5.74, 6) is -0.202. The number of ether oxygens (including phenoxy) is 1. The highest BCUT2D eigenvalue weighted by Gasteiger charge is 2.15. The first-order valence-corrected chi connectivity index (χ1v) is 7.76. The van der Waals surface area contributed by atoms with Crippen molar-refractivity contribution >= 4 is 28.8 Å². The minimum atomic E-state index is -0.264. The zero-order chi connectivity index (χ0) is 15.1. The Morgan fingerprint density at radius 3 is 2.90 bits per heavy atom. The molecule has 0 bridgehead atoms. The molecule has 2 N–H and O–H groups in total. The largest absolute Gasteiger partial charge is 0.394 e. The molecule has 0 unspecified atom stereocenters. The molecule has 1 aromatic carbocycles. The van der Waals surface area contributed by atoms with Crippen LogP contribution < -0.4 is 5.32 Å². The van der Waals surface area contributed by atoms with E-state index in [-0.39, 0.29) is 25.2 Å². The van der Waals surface area contributed by atoms with E-state index >= 15 is 0 Å². The smallest absolute Gasteiger partial charge is 0.251 e. The number of carbonyl (C=O) groups excluding carboxylic acids is 1. The second-order valence-electron chi connectivity index (χ2n) is 4.32. The lowest BCUT2D eigenvalue weighted by Crippen LogP contribution is -2.29. The summed E-state index contributed by atoms with van der Waals surface area (Å²) < 4.78 is 5.57. The molecule has 0 radical (unpaired) electrons. The standard InChI is InChI=1S/C15H16ClNO3S/c16-12-4-1-3-11(9-12)15(19)17-10-13(20-7-6-18)14-5-2-8-21-14/h1-5,8-9,13,18H,6-7,10H2,(H,17,19)/t13-/m0/s1. The SMILES string of the molecule is O=C(NC[C@H](OCCO)c1cccs1)c1cccc(Cl)c1. The highest BCUT2D eigenvalue weighted by atomic mass is 35.5. The van der Waals surface area contributed by atoms with Crippen molar-refractivity contribution in [1.29, 1.82) is 0 Å². The normalized spacial score (nSPS) is 12.1. The van der Waals surface area contributed by atoms with E-state index in [1.165, 1.54) is 0 Å². The Morgan fingerprint density at radius 1 is 1.38 bits per heavy atom. The third-order valence-corrected chi connectivity index (χ3v) is 4.01. The molecular formula is C15H16ClNO3S. The predicted octanol–water partition coefficient (Wildman–Crippen LogP) is 2.88. The van der Waals surface area contributed by atoms with Gasteiger partial charge in [0.2, 0.25) is 0 Å². The summed E-state index contributed by atoms with van der Waals surface area (Å²) >= 11 is 7.42. The lowest BCUT2D eigenvalue weighted by molar-refractivity contribution is 0.0296. The van der Waals surface area contributed by atoms with Crippen molar-refractivity contribution in [1.82, 2.24) is 5.32 Å². The van der Waals surface area contributed by atoms with Crippen LogP contribution in [-0.4, -0.2) is 30.8 Å². The molecule has 1 amide bonds. The molecule has 6 heteroatoms. The number of aliphatic hydroxyl groups excluding tert-OH is 1. The van der Waals surface area contributed by atoms with Gasteiger partial charge in [0.1, 0.15) is 6.10 Å². The fourth-order valence-electron chi connectivity index (χ4n) is 1.83. The van der Waals surface area contributed by atoms with Crippen LogP contribution in [0.3, 0.4) is 0 Å². The van der Waals surface area contributed by atoms with E-state index in [9.17, 15) is 4.79 Å². The number of thiophene rings is 1. The zero-order valence-corrected chi connectivity index (χ0v) is 12.9. The highest BCUT2D eigenvalue weighted by Crippen LogP contribution is 2.22. The Bertz CT molecular complexity index is 574. The molecular weight excluding hydrogens is 310 g/mol. The lowest BCUT2D eigenvalue weighted by atomic mass is 10.2. The van der Waals surface area contributed by atoms with Gasteiger partial charge in [-0.1, -0.05) is 23.7 Å². The molecule has 1 heterocycles. The van der Waals surface area contributed by atoms with Crippen LogP contribution >= 0.6 is 22.9 Å². The monoisotopic (exact) mass is 325 g/mol. The molecule has 0 aliphatic carbocycles. The molecule has 0 saturated heterocycles. The fraction of sp³-hybridized carbons (Fsp3) is 0.267. The van der Waals surface area contributed by atoms with Gasteiger partial charge in [-0.3, -0.25) is 4.79 Å². The maximum Gasteiger partial charge on any atom is 0.251 e. The van der Waals surface area contributed by atoms with Crippen molar-refractivity contribution in [2.24, 2.45) is 0 Å². The Labute approximate surface area is 132 Å². The van der Waals surface area contributed by atoms with Crippen LogP contribution in [0.4, 0.5) is 0 Å². The maximum absolute atomic E-state index is 12.1. The Morgan fingerprint density at radius 2 is 2.24 bits per heavy atom. The molecule has 0 aliphatic rings. The number of halogens is 1. The van der Waals surface area contributed by atoms with Crippen LogP contribution in [0.25, 0.3) is 0 Å². The first-order chi connectivity index (χ1) is 10.2. The summed E-state index contributed by atoms with van der Waals surface area (Å²) in [5.41, 5.74) is 0.509. The first-order valence-electron chi connectivity index (χ1n) is 6.50. The number of nitrogens with one attached hydrogen (secondary N) is 1. The van der Waals surface area contributed by atoms with Gasteiger partial charge in [0.25, 0.3) is 5.91 Å². The molecule has 1 aromatic heterocycles. The molecule has 2 aromatic rings. The van der Waals surface area contributed by atoms with Crippen molar-refractivity contribution in [3.63, 3.8) is 0 Å². The van der Waals surface area contributed by atoms with Crippen molar-refractivity contribution < 1.29 is 14.6 Å². The van der Waals surface area contributed by atoms with Gasteiger partial charge in [-0.15, -0.1) is 11.3 Å². The molecule has 112 valence electrons. The van der Waals surface area contributed by atoms with E-state index < -0.39 is 0 Å². The number of aliphatic hydroxyl groups is 1. The summed E-state index contributed by atoms with van der Waals surface area (Å²) in [6.45, 7) is 0.519. The number of hydrogen-bond acceptors (Lipinski definition) is 4. The van der Waals surface area contributed by atoms with Crippen LogP contribution in [-0.2, 0) is 4.74 Å². The van der Waals surface area contributed by atoms with Crippen molar-refractivity contribution in [3.05, 3.63) is 57.2 Å². The van der Waals surface area contributed by atoms with Crippen molar-refractivity contribution in [3.8, 4) is 0 Å². The van der Waals surface area contributed by atoms with Gasteiger partial charge in [-0.25, -0.2) is 0 Å². The Hall–Kier alpha value is -1.40. The summed E-state index contributed by atoms with van der Waals surface area (Å²) in [6, 6.07) is 10.6. The highest BCUT2D eigenvalue weighted by molar-refractivity contribution is 7.10. The summed E-state index contributed by atoms with van der Waals surface area (Å²) in [4.78, 5) is 13.1. The lowest BCUT2D eigenvalue weighted by Gasteiger charge is -2.17. The molecule has 21 heavy (non-hydrogen) atoms. The molecule has 4 nitrogen and oxygen atoms in total. The fourth-order valence-corrected chi connectivity index (χ4v) is 2.79. The number of rotatable bonds is 7. The number of carbonyl (C=O) groups is 1. The van der Waals surface area contributed by atoms with Gasteiger partial charge in [0, 0.05) is 22.0 Å². The van der Waals surface area contributed by atoms with Gasteiger partial charge in [0.15, 0.2) is 0 Å². The molecule has 0 saturated carbocycles. The van der Waals surface area contributed by atoms with Crippen LogP contribution in [0.1, 0.15) is 21.3 Å². The van der Waals surface area contributed by atoms with Gasteiger partial charge in [0.05, 0.1) is 13.2 Å². The van der Waals surface area contributed by atoms with Crippen LogP contribution in [0.2, 0.25) is 5.02 Å². The van der Waals surface area contributed by atoms with Crippen LogP contribution in [0.15, 0.2) is 41.8 Å². The first kappa shape index (κ1) is 16.0. The van der Waals surface area contributed by atoms with E-state index in [0.29, 0.717) is 17.1 Å². The van der Waals surface area contributed by atoms with E-state index in [4.69, 9.17) is 21.4 Å². The maximum atomic E-state index is 12.1. The minimum Gasteiger partial charge on any atom is -0.394 e.